The van der Waals surface area contributed by atoms with Crippen molar-refractivity contribution in [3.8, 4) is 11.3 Å². The van der Waals surface area contributed by atoms with Gasteiger partial charge in [0.05, 0.1) is 15.6 Å². The van der Waals surface area contributed by atoms with Crippen LogP contribution in [0.3, 0.4) is 0 Å². The Bertz CT molecular complexity index is 1670. The molecule has 0 amide bonds. The third kappa shape index (κ3) is 4.13. The normalized spacial score (nSPS) is 23.9. The average Bonchev–Trinajstić information content (AvgIpc) is 3.89. The monoisotopic (exact) mass is 574 g/mol. The standard InChI is InChI=1S/C31H28Cl2N4O3/c32-24-2-1-3-25(33)27(24)28-21(30(40-35-28)17-6-7-17)11-10-19-22-14-36(15-23(19)22)18-8-9-20-26(12-18)34-37(13-16-4-5-16)29(20)31(38)39/h1-3,8-12,16-17,19,22-23H,4-7,13-15H2,(H,38,39)/b11-10+. The number of halogens is 2. The molecular formula is C31H28Cl2N4O3. The number of aromatic nitrogens is 3. The van der Waals surface area contributed by atoms with Crippen LogP contribution in [-0.4, -0.2) is 39.1 Å². The number of piperidine rings is 1. The molecule has 3 saturated carbocycles. The summed E-state index contributed by atoms with van der Waals surface area (Å²) in [6.07, 6.45) is 9.04. The van der Waals surface area contributed by atoms with Gasteiger partial charge in [-0.2, -0.15) is 5.10 Å². The molecule has 8 rings (SSSR count). The lowest BCUT2D eigenvalue weighted by Crippen LogP contribution is -2.23. The van der Waals surface area contributed by atoms with Crippen LogP contribution in [0, 0.1) is 23.7 Å². The lowest BCUT2D eigenvalue weighted by Gasteiger charge is -2.21. The fraction of sp³-hybridized carbons (Fsp3) is 0.387. The Morgan fingerprint density at radius 1 is 1.07 bits per heavy atom. The van der Waals surface area contributed by atoms with E-state index in [0.29, 0.717) is 51.9 Å². The highest BCUT2D eigenvalue weighted by molar-refractivity contribution is 6.39. The van der Waals surface area contributed by atoms with Crippen molar-refractivity contribution in [3.63, 3.8) is 0 Å². The summed E-state index contributed by atoms with van der Waals surface area (Å²) in [5.41, 5.74) is 4.63. The fourth-order valence-corrected chi connectivity index (χ4v) is 7.09. The second kappa shape index (κ2) is 9.11. The highest BCUT2D eigenvalue weighted by atomic mass is 35.5. The average molecular weight is 575 g/mol. The molecule has 4 aromatic rings. The highest BCUT2D eigenvalue weighted by Crippen LogP contribution is 2.54. The van der Waals surface area contributed by atoms with Gasteiger partial charge in [-0.15, -0.1) is 0 Å². The summed E-state index contributed by atoms with van der Waals surface area (Å²) in [5.74, 6) is 2.68. The first-order chi connectivity index (χ1) is 19.5. The van der Waals surface area contributed by atoms with Crippen LogP contribution in [0.25, 0.3) is 28.2 Å². The molecule has 0 bridgehead atoms. The van der Waals surface area contributed by atoms with Crippen molar-refractivity contribution in [2.75, 3.05) is 18.0 Å². The number of aromatic carboxylic acids is 1. The summed E-state index contributed by atoms with van der Waals surface area (Å²) >= 11 is 13.0. The van der Waals surface area contributed by atoms with E-state index >= 15 is 0 Å². The first-order valence-electron chi connectivity index (χ1n) is 14.1. The maximum Gasteiger partial charge on any atom is 0.354 e. The van der Waals surface area contributed by atoms with Gasteiger partial charge in [-0.05, 0) is 79.7 Å². The molecule has 4 fully saturated rings. The summed E-state index contributed by atoms with van der Waals surface area (Å²) in [5, 5.41) is 20.8. The van der Waals surface area contributed by atoms with Gasteiger partial charge in [0, 0.05) is 47.8 Å². The van der Waals surface area contributed by atoms with Gasteiger partial charge in [-0.1, -0.05) is 46.6 Å². The van der Waals surface area contributed by atoms with Crippen LogP contribution < -0.4 is 4.90 Å². The summed E-state index contributed by atoms with van der Waals surface area (Å²) in [7, 11) is 0. The van der Waals surface area contributed by atoms with Gasteiger partial charge < -0.3 is 14.5 Å². The number of rotatable bonds is 8. The zero-order valence-corrected chi connectivity index (χ0v) is 23.3. The van der Waals surface area contributed by atoms with Crippen LogP contribution in [0.1, 0.15) is 53.4 Å². The molecule has 2 aromatic heterocycles. The molecule has 2 aromatic carbocycles. The zero-order valence-electron chi connectivity index (χ0n) is 21.8. The van der Waals surface area contributed by atoms with Gasteiger partial charge in [0.1, 0.15) is 11.5 Å². The number of nitrogens with zero attached hydrogens (tertiary/aromatic N) is 4. The van der Waals surface area contributed by atoms with Crippen molar-refractivity contribution in [2.45, 2.75) is 38.1 Å². The second-order valence-electron chi connectivity index (χ2n) is 11.8. The number of carbonyl (C=O) groups is 1. The van der Waals surface area contributed by atoms with E-state index in [0.717, 1.165) is 77.9 Å². The van der Waals surface area contributed by atoms with Crippen LogP contribution in [0.15, 0.2) is 47.0 Å². The van der Waals surface area contributed by atoms with Crippen LogP contribution in [0.5, 0.6) is 0 Å². The minimum absolute atomic E-state index is 0.305. The van der Waals surface area contributed by atoms with Crippen molar-refractivity contribution < 1.29 is 14.4 Å². The largest absolute Gasteiger partial charge is 0.477 e. The summed E-state index contributed by atoms with van der Waals surface area (Å²) in [6, 6.07) is 11.5. The lowest BCUT2D eigenvalue weighted by molar-refractivity contribution is 0.0685. The Kier molecular flexibility index (Phi) is 5.58. The quantitative estimate of drug-likeness (QED) is 0.236. The molecule has 204 valence electrons. The molecule has 1 saturated heterocycles. The van der Waals surface area contributed by atoms with Crippen molar-refractivity contribution in [1.29, 1.82) is 0 Å². The number of fused-ring (bicyclic) bond motifs is 2. The molecule has 0 spiro atoms. The Morgan fingerprint density at radius 3 is 2.50 bits per heavy atom. The minimum atomic E-state index is -0.912. The van der Waals surface area contributed by atoms with E-state index in [1.807, 2.05) is 30.3 Å². The molecule has 0 radical (unpaired) electrons. The van der Waals surface area contributed by atoms with Crippen LogP contribution in [0.2, 0.25) is 10.0 Å². The Balaban J connectivity index is 1.01. The topological polar surface area (TPSA) is 84.4 Å². The predicted octanol–water partition coefficient (Wildman–Crippen LogP) is 7.38. The first-order valence-corrected chi connectivity index (χ1v) is 14.8. The van der Waals surface area contributed by atoms with Gasteiger partial charge in [-0.3, -0.25) is 4.68 Å². The van der Waals surface area contributed by atoms with E-state index in [1.165, 1.54) is 0 Å². The van der Waals surface area contributed by atoms with Crippen molar-refractivity contribution in [3.05, 3.63) is 69.5 Å². The van der Waals surface area contributed by atoms with Gasteiger partial charge in [0.2, 0.25) is 0 Å². The predicted molar refractivity (Wildman–Crippen MR) is 155 cm³/mol. The molecular weight excluding hydrogens is 547 g/mol. The van der Waals surface area contributed by atoms with Crippen LogP contribution in [0.4, 0.5) is 5.69 Å². The third-order valence-corrected chi connectivity index (χ3v) is 9.70. The highest BCUT2D eigenvalue weighted by Gasteiger charge is 2.54. The molecule has 4 aliphatic rings. The molecule has 1 aliphatic heterocycles. The number of hydrogen-bond donors (Lipinski definition) is 1. The first kappa shape index (κ1) is 24.5. The molecule has 1 N–H and O–H groups in total. The second-order valence-corrected chi connectivity index (χ2v) is 12.6. The fourth-order valence-electron chi connectivity index (χ4n) is 6.51. The number of benzene rings is 2. The number of carboxylic acids is 1. The Labute approximate surface area is 241 Å². The number of carboxylic acid groups (broad SMARTS) is 1. The van der Waals surface area contributed by atoms with Crippen molar-refractivity contribution in [1.82, 2.24) is 14.9 Å². The Morgan fingerprint density at radius 2 is 1.82 bits per heavy atom. The van der Waals surface area contributed by atoms with Gasteiger partial charge >= 0.3 is 5.97 Å². The van der Waals surface area contributed by atoms with Crippen molar-refractivity contribution >= 4 is 51.8 Å². The van der Waals surface area contributed by atoms with E-state index in [1.54, 1.807) is 4.68 Å². The van der Waals surface area contributed by atoms with E-state index in [9.17, 15) is 9.90 Å². The maximum atomic E-state index is 12.0. The number of hydrogen-bond acceptors (Lipinski definition) is 5. The SMILES string of the molecule is O=C(O)c1c2ccc(N3CC4C(/C=C/c5c(-c6c(Cl)cccc6Cl)noc5C5CC5)C4C3)cc2nn1CC1CC1. The third-order valence-electron chi connectivity index (χ3n) is 9.07. The maximum absolute atomic E-state index is 12.0. The molecule has 40 heavy (non-hydrogen) atoms. The number of allylic oxidation sites excluding steroid dienone is 1. The van der Waals surface area contributed by atoms with Gasteiger partial charge in [0.25, 0.3) is 0 Å². The van der Waals surface area contributed by atoms with E-state index in [-0.39, 0.29) is 0 Å². The molecule has 7 nitrogen and oxygen atoms in total. The van der Waals surface area contributed by atoms with Crippen molar-refractivity contribution in [2.24, 2.45) is 23.7 Å². The summed E-state index contributed by atoms with van der Waals surface area (Å²) in [4.78, 5) is 14.4. The molecule has 3 heterocycles. The zero-order chi connectivity index (χ0) is 27.1. The smallest absolute Gasteiger partial charge is 0.354 e. The molecule has 3 aliphatic carbocycles. The van der Waals surface area contributed by atoms with E-state index in [2.05, 4.69) is 33.4 Å². The van der Waals surface area contributed by atoms with Gasteiger partial charge in [0.15, 0.2) is 5.69 Å². The number of anilines is 1. The summed E-state index contributed by atoms with van der Waals surface area (Å²) < 4.78 is 7.51. The van der Waals surface area contributed by atoms with Gasteiger partial charge in [-0.25, -0.2) is 4.79 Å². The minimum Gasteiger partial charge on any atom is -0.477 e. The molecule has 2 unspecified atom stereocenters. The van der Waals surface area contributed by atoms with E-state index < -0.39 is 5.97 Å². The van der Waals surface area contributed by atoms with E-state index in [4.69, 9.17) is 27.7 Å². The van der Waals surface area contributed by atoms with Crippen LogP contribution in [-0.2, 0) is 6.54 Å². The summed E-state index contributed by atoms with van der Waals surface area (Å²) in [6.45, 7) is 2.64. The van der Waals surface area contributed by atoms with Crippen LogP contribution >= 0.6 is 23.2 Å². The Hall–Kier alpha value is -3.29. The lowest BCUT2D eigenvalue weighted by atomic mass is 10.0. The molecule has 2 atom stereocenters. The molecule has 9 heteroatoms.